The van der Waals surface area contributed by atoms with Crippen molar-refractivity contribution in [2.75, 3.05) is 0 Å². The Morgan fingerprint density at radius 3 is 1.05 bits per heavy atom. The predicted octanol–water partition coefficient (Wildman–Crippen LogP) is 12.9. The fourth-order valence-corrected chi connectivity index (χ4v) is 6.01. The Balaban J connectivity index is 3.89. The maximum absolute atomic E-state index is 12.6. The molecule has 0 fully saturated rings. The number of ether oxygens (including phenoxy) is 1. The summed E-state index contributed by atoms with van der Waals surface area (Å²) in [6.07, 6.45) is 39.8. The van der Waals surface area contributed by atoms with E-state index < -0.39 is 5.97 Å². The Morgan fingerprint density at radius 1 is 0.429 bits per heavy atom. The molecule has 0 radical (unpaired) electrons. The summed E-state index contributed by atoms with van der Waals surface area (Å²) in [4.78, 5) is 23.3. The molecule has 0 heterocycles. The normalized spacial score (nSPS) is 12.0. The second-order valence-corrected chi connectivity index (χ2v) is 13.1. The second-order valence-electron chi connectivity index (χ2n) is 13.1. The third-order valence-corrected chi connectivity index (χ3v) is 8.83. The molecule has 0 aliphatic rings. The van der Waals surface area contributed by atoms with E-state index in [1.165, 1.54) is 135 Å². The van der Waals surface area contributed by atoms with Crippen molar-refractivity contribution in [3.8, 4) is 0 Å². The number of hydrogen-bond acceptors (Lipinski definition) is 3. The molecule has 0 saturated heterocycles. The highest BCUT2D eigenvalue weighted by Crippen LogP contribution is 2.19. The highest BCUT2D eigenvalue weighted by Gasteiger charge is 2.14. The van der Waals surface area contributed by atoms with Crippen molar-refractivity contribution in [3.63, 3.8) is 0 Å². The summed E-state index contributed by atoms with van der Waals surface area (Å²) in [6.45, 7) is 4.55. The first-order chi connectivity index (χ1) is 20.6. The van der Waals surface area contributed by atoms with Crippen LogP contribution >= 0.6 is 0 Å². The van der Waals surface area contributed by atoms with E-state index >= 15 is 0 Å². The van der Waals surface area contributed by atoms with Crippen molar-refractivity contribution in [1.82, 2.24) is 0 Å². The number of hydrogen-bond donors (Lipinski definition) is 1. The van der Waals surface area contributed by atoms with Gasteiger partial charge in [0, 0.05) is 12.8 Å². The molecular formula is C38H74O4. The average Bonchev–Trinajstić information content (AvgIpc) is 2.97. The van der Waals surface area contributed by atoms with Crippen LogP contribution < -0.4 is 0 Å². The number of aliphatic carboxylic acids is 1. The van der Waals surface area contributed by atoms with Gasteiger partial charge in [0.1, 0.15) is 6.10 Å². The fourth-order valence-electron chi connectivity index (χ4n) is 6.01. The molecule has 0 spiro atoms. The minimum atomic E-state index is -0.698. The van der Waals surface area contributed by atoms with Gasteiger partial charge in [0.05, 0.1) is 0 Å². The number of unbranched alkanes of at least 4 members (excludes halogenated alkanes) is 26. The molecular weight excluding hydrogens is 520 g/mol. The molecule has 0 rings (SSSR count). The van der Waals surface area contributed by atoms with Crippen LogP contribution in [0.1, 0.15) is 226 Å². The van der Waals surface area contributed by atoms with Crippen LogP contribution in [0.5, 0.6) is 0 Å². The van der Waals surface area contributed by atoms with Gasteiger partial charge in [0.15, 0.2) is 0 Å². The Morgan fingerprint density at radius 2 is 0.714 bits per heavy atom. The van der Waals surface area contributed by atoms with E-state index in [2.05, 4.69) is 13.8 Å². The van der Waals surface area contributed by atoms with E-state index in [0.29, 0.717) is 6.42 Å². The van der Waals surface area contributed by atoms with Crippen LogP contribution in [0.25, 0.3) is 0 Å². The lowest BCUT2D eigenvalue weighted by molar-refractivity contribution is -0.150. The quantitative estimate of drug-likeness (QED) is 0.0585. The van der Waals surface area contributed by atoms with Crippen molar-refractivity contribution in [2.24, 2.45) is 0 Å². The molecule has 0 bridgehead atoms. The fraction of sp³-hybridized carbons (Fsp3) is 0.947. The van der Waals surface area contributed by atoms with Crippen LogP contribution in [-0.2, 0) is 14.3 Å². The summed E-state index contributed by atoms with van der Waals surface area (Å²) in [6, 6.07) is 0. The molecule has 1 unspecified atom stereocenters. The SMILES string of the molecule is CCCCCCCCCCCCCCCCCCC(=O)OC(CCCCCCCCCC)CCCCCCCC(=O)O. The van der Waals surface area contributed by atoms with E-state index in [9.17, 15) is 9.59 Å². The maximum Gasteiger partial charge on any atom is 0.306 e. The first-order valence-corrected chi connectivity index (χ1v) is 19.0. The molecule has 0 aromatic rings. The van der Waals surface area contributed by atoms with E-state index in [1.54, 1.807) is 0 Å². The number of carboxylic acids is 1. The standard InChI is InChI=1S/C38H74O4/c1-3-5-7-9-11-13-14-15-16-17-18-19-20-22-27-31-35-38(41)42-36(32-28-24-21-12-10-8-6-4-2)33-29-25-23-26-30-34-37(39)40/h36H,3-35H2,1-2H3,(H,39,40). The molecule has 0 aliphatic heterocycles. The molecule has 42 heavy (non-hydrogen) atoms. The van der Waals surface area contributed by atoms with Crippen molar-refractivity contribution in [2.45, 2.75) is 232 Å². The average molecular weight is 595 g/mol. The smallest absolute Gasteiger partial charge is 0.306 e. The van der Waals surface area contributed by atoms with E-state index in [4.69, 9.17) is 9.84 Å². The topological polar surface area (TPSA) is 63.6 Å². The first-order valence-electron chi connectivity index (χ1n) is 19.0. The molecule has 250 valence electrons. The Hall–Kier alpha value is -1.06. The van der Waals surface area contributed by atoms with Crippen LogP contribution in [0.3, 0.4) is 0 Å². The molecule has 4 nitrogen and oxygen atoms in total. The lowest BCUT2D eigenvalue weighted by Gasteiger charge is -2.18. The van der Waals surface area contributed by atoms with E-state index in [1.807, 2.05) is 0 Å². The van der Waals surface area contributed by atoms with Crippen molar-refractivity contribution in [3.05, 3.63) is 0 Å². The van der Waals surface area contributed by atoms with Gasteiger partial charge in [-0.05, 0) is 38.5 Å². The molecule has 1 atom stereocenters. The Kier molecular flexibility index (Phi) is 33.6. The maximum atomic E-state index is 12.6. The molecule has 0 amide bonds. The van der Waals surface area contributed by atoms with Crippen molar-refractivity contribution >= 4 is 11.9 Å². The highest BCUT2D eigenvalue weighted by atomic mass is 16.5. The zero-order valence-corrected chi connectivity index (χ0v) is 28.6. The van der Waals surface area contributed by atoms with Crippen LogP contribution in [0.2, 0.25) is 0 Å². The van der Waals surface area contributed by atoms with Crippen LogP contribution in [0.15, 0.2) is 0 Å². The van der Waals surface area contributed by atoms with Crippen molar-refractivity contribution in [1.29, 1.82) is 0 Å². The van der Waals surface area contributed by atoms with Crippen LogP contribution in [0.4, 0.5) is 0 Å². The van der Waals surface area contributed by atoms with Gasteiger partial charge in [-0.3, -0.25) is 9.59 Å². The Bertz CT molecular complexity index is 561. The number of carbonyl (C=O) groups is 2. The molecule has 0 aliphatic carbocycles. The number of esters is 1. The lowest BCUT2D eigenvalue weighted by atomic mass is 10.0. The van der Waals surface area contributed by atoms with E-state index in [0.717, 1.165) is 64.2 Å². The van der Waals surface area contributed by atoms with Gasteiger partial charge in [0.25, 0.3) is 0 Å². The molecule has 0 aromatic heterocycles. The largest absolute Gasteiger partial charge is 0.481 e. The minimum absolute atomic E-state index is 0.00591. The second kappa shape index (κ2) is 34.4. The summed E-state index contributed by atoms with van der Waals surface area (Å²) in [7, 11) is 0. The summed E-state index contributed by atoms with van der Waals surface area (Å²) < 4.78 is 5.98. The van der Waals surface area contributed by atoms with Gasteiger partial charge in [0.2, 0.25) is 0 Å². The molecule has 0 aromatic carbocycles. The van der Waals surface area contributed by atoms with Gasteiger partial charge >= 0.3 is 11.9 Å². The van der Waals surface area contributed by atoms with E-state index in [-0.39, 0.29) is 18.5 Å². The van der Waals surface area contributed by atoms with Gasteiger partial charge in [-0.2, -0.15) is 0 Å². The third-order valence-electron chi connectivity index (χ3n) is 8.83. The zero-order chi connectivity index (χ0) is 30.8. The third kappa shape index (κ3) is 33.4. The van der Waals surface area contributed by atoms with Crippen LogP contribution in [-0.4, -0.2) is 23.1 Å². The van der Waals surface area contributed by atoms with Crippen molar-refractivity contribution < 1.29 is 19.4 Å². The monoisotopic (exact) mass is 595 g/mol. The number of carboxylic acid groups (broad SMARTS) is 1. The molecule has 1 N–H and O–H groups in total. The number of rotatable bonds is 35. The summed E-state index contributed by atoms with van der Waals surface area (Å²) >= 11 is 0. The lowest BCUT2D eigenvalue weighted by Crippen LogP contribution is -2.18. The summed E-state index contributed by atoms with van der Waals surface area (Å²) in [5, 5.41) is 8.79. The van der Waals surface area contributed by atoms with Gasteiger partial charge < -0.3 is 9.84 Å². The van der Waals surface area contributed by atoms with Crippen LogP contribution in [0, 0.1) is 0 Å². The minimum Gasteiger partial charge on any atom is -0.481 e. The summed E-state index contributed by atoms with van der Waals surface area (Å²) in [5.74, 6) is -0.692. The van der Waals surface area contributed by atoms with Gasteiger partial charge in [-0.1, -0.05) is 174 Å². The zero-order valence-electron chi connectivity index (χ0n) is 28.6. The predicted molar refractivity (Wildman–Crippen MR) is 181 cm³/mol. The van der Waals surface area contributed by atoms with Gasteiger partial charge in [-0.25, -0.2) is 0 Å². The first kappa shape index (κ1) is 40.9. The summed E-state index contributed by atoms with van der Waals surface area (Å²) in [5.41, 5.74) is 0. The molecule has 4 heteroatoms. The van der Waals surface area contributed by atoms with Gasteiger partial charge in [-0.15, -0.1) is 0 Å². The Labute approximate surface area is 262 Å². The molecule has 0 saturated carbocycles. The number of carbonyl (C=O) groups excluding carboxylic acids is 1. The highest BCUT2D eigenvalue weighted by molar-refractivity contribution is 5.69.